The quantitative estimate of drug-likeness (QED) is 0.601. The van der Waals surface area contributed by atoms with Crippen LogP contribution in [0.4, 0.5) is 0 Å². The standard InChI is InChI=1S/C12H23N/c1-9(2)13-8-11-6-4-5-7-12(11)10(13)3/h9-12H,4-8H2,1-3H3/t10?,11-,12+/m0/s1. The molecule has 1 saturated carbocycles. The summed E-state index contributed by atoms with van der Waals surface area (Å²) >= 11 is 0. The molecule has 0 radical (unpaired) electrons. The van der Waals surface area contributed by atoms with Gasteiger partial charge in [-0.25, -0.2) is 0 Å². The lowest BCUT2D eigenvalue weighted by Gasteiger charge is -2.29. The minimum Gasteiger partial charge on any atom is -0.298 e. The maximum atomic E-state index is 2.71. The summed E-state index contributed by atoms with van der Waals surface area (Å²) in [4.78, 5) is 2.71. The fraction of sp³-hybridized carbons (Fsp3) is 1.00. The molecule has 0 aromatic carbocycles. The Bertz CT molecular complexity index is 174. The van der Waals surface area contributed by atoms with Crippen molar-refractivity contribution in [2.45, 2.75) is 58.5 Å². The molecule has 1 unspecified atom stereocenters. The molecule has 3 atom stereocenters. The van der Waals surface area contributed by atoms with Crippen LogP contribution in [0.3, 0.4) is 0 Å². The van der Waals surface area contributed by atoms with E-state index in [1.54, 1.807) is 0 Å². The third-order valence-electron chi connectivity index (χ3n) is 4.22. The van der Waals surface area contributed by atoms with Crippen molar-refractivity contribution in [1.29, 1.82) is 0 Å². The average molecular weight is 181 g/mol. The Morgan fingerprint density at radius 3 is 2.46 bits per heavy atom. The number of hydrogen-bond acceptors (Lipinski definition) is 1. The molecule has 0 N–H and O–H groups in total. The van der Waals surface area contributed by atoms with E-state index < -0.39 is 0 Å². The molecule has 76 valence electrons. The first-order valence-electron chi connectivity index (χ1n) is 5.96. The van der Waals surface area contributed by atoms with Crippen LogP contribution in [0, 0.1) is 11.8 Å². The second-order valence-electron chi connectivity index (χ2n) is 5.24. The van der Waals surface area contributed by atoms with Crippen LogP contribution >= 0.6 is 0 Å². The third-order valence-corrected chi connectivity index (χ3v) is 4.22. The molecule has 0 spiro atoms. The Kier molecular flexibility index (Phi) is 2.64. The van der Waals surface area contributed by atoms with Gasteiger partial charge in [0, 0.05) is 18.6 Å². The molecule has 0 bridgehead atoms. The summed E-state index contributed by atoms with van der Waals surface area (Å²) in [6.45, 7) is 8.50. The van der Waals surface area contributed by atoms with Gasteiger partial charge < -0.3 is 0 Å². The Hall–Kier alpha value is -0.0400. The normalized spacial score (nSPS) is 41.1. The van der Waals surface area contributed by atoms with Gasteiger partial charge in [0.15, 0.2) is 0 Å². The molecule has 0 aromatic rings. The van der Waals surface area contributed by atoms with Crippen LogP contribution in [0.5, 0.6) is 0 Å². The van der Waals surface area contributed by atoms with Gasteiger partial charge in [-0.1, -0.05) is 12.8 Å². The summed E-state index contributed by atoms with van der Waals surface area (Å²) in [6, 6.07) is 1.60. The summed E-state index contributed by atoms with van der Waals surface area (Å²) in [5.41, 5.74) is 0. The third kappa shape index (κ3) is 1.63. The number of rotatable bonds is 1. The zero-order chi connectivity index (χ0) is 9.42. The molecule has 13 heavy (non-hydrogen) atoms. The van der Waals surface area contributed by atoms with Crippen molar-refractivity contribution >= 4 is 0 Å². The molecule has 0 aromatic heterocycles. The van der Waals surface area contributed by atoms with Crippen LogP contribution in [0.1, 0.15) is 46.5 Å². The maximum Gasteiger partial charge on any atom is 0.0101 e. The van der Waals surface area contributed by atoms with Crippen LogP contribution in [0.25, 0.3) is 0 Å². The van der Waals surface area contributed by atoms with E-state index in [1.165, 1.54) is 32.2 Å². The van der Waals surface area contributed by atoms with E-state index in [0.29, 0.717) is 0 Å². The van der Waals surface area contributed by atoms with Crippen molar-refractivity contribution in [3.8, 4) is 0 Å². The van der Waals surface area contributed by atoms with Gasteiger partial charge in [-0.15, -0.1) is 0 Å². The fourth-order valence-electron chi connectivity index (χ4n) is 3.46. The Balaban J connectivity index is 2.05. The molecule has 2 fully saturated rings. The smallest absolute Gasteiger partial charge is 0.0101 e. The topological polar surface area (TPSA) is 3.24 Å². The van der Waals surface area contributed by atoms with Crippen LogP contribution in [-0.2, 0) is 0 Å². The molecule has 1 aliphatic heterocycles. The van der Waals surface area contributed by atoms with Crippen LogP contribution < -0.4 is 0 Å². The fourth-order valence-corrected chi connectivity index (χ4v) is 3.46. The van der Waals surface area contributed by atoms with Gasteiger partial charge >= 0.3 is 0 Å². The first-order valence-corrected chi connectivity index (χ1v) is 5.96. The van der Waals surface area contributed by atoms with Gasteiger partial charge in [0.2, 0.25) is 0 Å². The minimum absolute atomic E-state index is 0.751. The molecule has 2 aliphatic rings. The van der Waals surface area contributed by atoms with Crippen LogP contribution in [0.15, 0.2) is 0 Å². The van der Waals surface area contributed by atoms with Gasteiger partial charge in [0.25, 0.3) is 0 Å². The molecular formula is C12H23N. The Morgan fingerprint density at radius 2 is 1.85 bits per heavy atom. The first-order chi connectivity index (χ1) is 6.20. The molecule has 1 heterocycles. The van der Waals surface area contributed by atoms with Gasteiger partial charge in [0.05, 0.1) is 0 Å². The second kappa shape index (κ2) is 3.61. The highest BCUT2D eigenvalue weighted by molar-refractivity contribution is 4.93. The monoisotopic (exact) mass is 181 g/mol. The lowest BCUT2D eigenvalue weighted by molar-refractivity contribution is 0.190. The predicted octanol–water partition coefficient (Wildman–Crippen LogP) is 2.91. The SMILES string of the molecule is CC(C)N1C[C@@H]2CCCC[C@@H]2C1C. The van der Waals surface area contributed by atoms with Crippen molar-refractivity contribution < 1.29 is 0 Å². The van der Waals surface area contributed by atoms with E-state index in [4.69, 9.17) is 0 Å². The van der Waals surface area contributed by atoms with Gasteiger partial charge in [-0.3, -0.25) is 4.90 Å². The second-order valence-corrected chi connectivity index (χ2v) is 5.24. The summed E-state index contributed by atoms with van der Waals surface area (Å²) in [6.07, 6.45) is 5.96. The Labute approximate surface area is 82.5 Å². The largest absolute Gasteiger partial charge is 0.298 e. The molecule has 1 saturated heterocycles. The molecule has 1 aliphatic carbocycles. The lowest BCUT2D eigenvalue weighted by Crippen LogP contribution is -2.35. The van der Waals surface area contributed by atoms with E-state index in [0.717, 1.165) is 23.9 Å². The highest BCUT2D eigenvalue weighted by atomic mass is 15.2. The summed E-state index contributed by atoms with van der Waals surface area (Å²) < 4.78 is 0. The minimum atomic E-state index is 0.751. The highest BCUT2D eigenvalue weighted by Crippen LogP contribution is 2.40. The van der Waals surface area contributed by atoms with Gasteiger partial charge in [-0.05, 0) is 45.4 Å². The number of fused-ring (bicyclic) bond motifs is 1. The summed E-state index contributed by atoms with van der Waals surface area (Å²) in [5.74, 6) is 2.06. The van der Waals surface area contributed by atoms with Crippen molar-refractivity contribution in [2.75, 3.05) is 6.54 Å². The zero-order valence-electron chi connectivity index (χ0n) is 9.29. The highest BCUT2D eigenvalue weighted by Gasteiger charge is 2.40. The maximum absolute atomic E-state index is 2.71. The van der Waals surface area contributed by atoms with Crippen molar-refractivity contribution in [3.05, 3.63) is 0 Å². The first kappa shape index (κ1) is 9.51. The van der Waals surface area contributed by atoms with E-state index in [2.05, 4.69) is 25.7 Å². The van der Waals surface area contributed by atoms with Crippen molar-refractivity contribution in [2.24, 2.45) is 11.8 Å². The summed E-state index contributed by atoms with van der Waals surface area (Å²) in [5, 5.41) is 0. The van der Waals surface area contributed by atoms with Crippen LogP contribution in [0.2, 0.25) is 0 Å². The molecule has 1 heteroatoms. The zero-order valence-corrected chi connectivity index (χ0v) is 9.29. The van der Waals surface area contributed by atoms with Crippen LogP contribution in [-0.4, -0.2) is 23.5 Å². The predicted molar refractivity (Wildman–Crippen MR) is 56.8 cm³/mol. The van der Waals surface area contributed by atoms with Crippen molar-refractivity contribution in [3.63, 3.8) is 0 Å². The molecule has 2 rings (SSSR count). The van der Waals surface area contributed by atoms with Crippen molar-refractivity contribution in [1.82, 2.24) is 4.90 Å². The van der Waals surface area contributed by atoms with E-state index >= 15 is 0 Å². The molecule has 0 amide bonds. The van der Waals surface area contributed by atoms with E-state index in [1.807, 2.05) is 0 Å². The van der Waals surface area contributed by atoms with Gasteiger partial charge in [-0.2, -0.15) is 0 Å². The Morgan fingerprint density at radius 1 is 1.15 bits per heavy atom. The summed E-state index contributed by atoms with van der Waals surface area (Å²) in [7, 11) is 0. The lowest BCUT2D eigenvalue weighted by atomic mass is 9.79. The molecule has 1 nitrogen and oxygen atoms in total. The number of likely N-dealkylation sites (tertiary alicyclic amines) is 1. The van der Waals surface area contributed by atoms with E-state index in [9.17, 15) is 0 Å². The van der Waals surface area contributed by atoms with E-state index in [-0.39, 0.29) is 0 Å². The number of nitrogens with zero attached hydrogens (tertiary/aromatic N) is 1. The molecular weight excluding hydrogens is 158 g/mol. The number of hydrogen-bond donors (Lipinski definition) is 0. The average Bonchev–Trinajstić information content (AvgIpc) is 2.45. The van der Waals surface area contributed by atoms with Gasteiger partial charge in [0.1, 0.15) is 0 Å².